The van der Waals surface area contributed by atoms with Crippen molar-refractivity contribution in [1.29, 1.82) is 0 Å². The van der Waals surface area contributed by atoms with Crippen LogP contribution in [0.1, 0.15) is 36.0 Å². The second-order valence-electron chi connectivity index (χ2n) is 7.42. The van der Waals surface area contributed by atoms with Crippen LogP contribution in [0, 0.1) is 13.8 Å². The van der Waals surface area contributed by atoms with E-state index >= 15 is 0 Å². The zero-order valence-electron chi connectivity index (χ0n) is 16.1. The Hall–Kier alpha value is -2.45. The molecule has 0 spiro atoms. The molecule has 3 heterocycles. The third kappa shape index (κ3) is 3.38. The molecular formula is C20H24N4O3S. The Morgan fingerprint density at radius 2 is 1.75 bits per heavy atom. The Morgan fingerprint density at radius 3 is 2.46 bits per heavy atom. The first-order valence-corrected chi connectivity index (χ1v) is 11.0. The van der Waals surface area contributed by atoms with Crippen LogP contribution in [0.5, 0.6) is 0 Å². The van der Waals surface area contributed by atoms with Gasteiger partial charge in [0, 0.05) is 19.3 Å². The second-order valence-corrected chi connectivity index (χ2v) is 9.35. The number of hydrogen-bond donors (Lipinski definition) is 0. The highest BCUT2D eigenvalue weighted by atomic mass is 32.2. The molecule has 3 aromatic rings. The minimum absolute atomic E-state index is 0.134. The molecule has 0 N–H and O–H groups in total. The van der Waals surface area contributed by atoms with Gasteiger partial charge in [0.15, 0.2) is 5.65 Å². The van der Waals surface area contributed by atoms with E-state index in [2.05, 4.69) is 5.10 Å². The lowest BCUT2D eigenvalue weighted by molar-refractivity contribution is 0.346. The summed E-state index contributed by atoms with van der Waals surface area (Å²) in [7, 11) is -3.59. The van der Waals surface area contributed by atoms with Crippen LogP contribution in [0.3, 0.4) is 0 Å². The number of nitrogens with zero attached hydrogens (tertiary/aromatic N) is 4. The van der Waals surface area contributed by atoms with E-state index in [9.17, 15) is 13.2 Å². The van der Waals surface area contributed by atoms with Crippen molar-refractivity contribution < 1.29 is 8.42 Å². The van der Waals surface area contributed by atoms with Crippen LogP contribution in [-0.4, -0.2) is 40.0 Å². The van der Waals surface area contributed by atoms with Crippen LogP contribution in [0.4, 0.5) is 0 Å². The first-order valence-electron chi connectivity index (χ1n) is 9.52. The van der Waals surface area contributed by atoms with Crippen molar-refractivity contribution in [3.8, 4) is 0 Å². The van der Waals surface area contributed by atoms with Crippen molar-refractivity contribution in [3.63, 3.8) is 0 Å². The summed E-state index contributed by atoms with van der Waals surface area (Å²) >= 11 is 0. The number of aryl methyl sites for hydroxylation is 2. The lowest BCUT2D eigenvalue weighted by Gasteiger charge is -2.25. The SMILES string of the molecule is Cc1ccc(Cn2nc3ccc(S(=O)(=O)N4CCCCC4)cn3c2=O)cc1C. The van der Waals surface area contributed by atoms with E-state index in [1.165, 1.54) is 31.2 Å². The number of aromatic nitrogens is 3. The average molecular weight is 401 g/mol. The van der Waals surface area contributed by atoms with Gasteiger partial charge in [0.25, 0.3) is 0 Å². The number of piperidine rings is 1. The minimum Gasteiger partial charge on any atom is -0.249 e. The molecule has 0 radical (unpaired) electrons. The second kappa shape index (κ2) is 7.18. The predicted octanol–water partition coefficient (Wildman–Crippen LogP) is 2.34. The summed E-state index contributed by atoms with van der Waals surface area (Å²) in [6.45, 7) is 5.47. The fraction of sp³-hybridized carbons (Fsp3) is 0.400. The van der Waals surface area contributed by atoms with E-state index in [1.807, 2.05) is 32.0 Å². The summed E-state index contributed by atoms with van der Waals surface area (Å²) in [5, 5.41) is 4.35. The molecule has 0 atom stereocenters. The highest BCUT2D eigenvalue weighted by molar-refractivity contribution is 7.89. The van der Waals surface area contributed by atoms with Crippen LogP contribution in [0.15, 0.2) is 46.2 Å². The topological polar surface area (TPSA) is 76.7 Å². The Morgan fingerprint density at radius 1 is 1.00 bits per heavy atom. The average Bonchev–Trinajstić information content (AvgIpc) is 3.00. The largest absolute Gasteiger partial charge is 0.350 e. The lowest BCUT2D eigenvalue weighted by Crippen LogP contribution is -2.35. The third-order valence-electron chi connectivity index (χ3n) is 5.41. The molecule has 0 amide bonds. The highest BCUT2D eigenvalue weighted by Gasteiger charge is 2.26. The smallest absolute Gasteiger partial charge is 0.249 e. The molecule has 148 valence electrons. The van der Waals surface area contributed by atoms with Crippen molar-refractivity contribution in [1.82, 2.24) is 18.5 Å². The van der Waals surface area contributed by atoms with E-state index in [-0.39, 0.29) is 10.6 Å². The monoisotopic (exact) mass is 400 g/mol. The maximum Gasteiger partial charge on any atom is 0.350 e. The molecule has 1 fully saturated rings. The van der Waals surface area contributed by atoms with Gasteiger partial charge in [-0.15, -0.1) is 5.10 Å². The fourth-order valence-electron chi connectivity index (χ4n) is 3.58. The van der Waals surface area contributed by atoms with Gasteiger partial charge in [0.05, 0.1) is 11.4 Å². The van der Waals surface area contributed by atoms with Gasteiger partial charge in [0.2, 0.25) is 10.0 Å². The molecule has 2 aromatic heterocycles. The van der Waals surface area contributed by atoms with Gasteiger partial charge < -0.3 is 0 Å². The predicted molar refractivity (Wildman–Crippen MR) is 107 cm³/mol. The Balaban J connectivity index is 1.69. The summed E-state index contributed by atoms with van der Waals surface area (Å²) < 4.78 is 30.0. The fourth-order valence-corrected chi connectivity index (χ4v) is 5.10. The van der Waals surface area contributed by atoms with Gasteiger partial charge in [-0.25, -0.2) is 22.3 Å². The molecule has 1 aromatic carbocycles. The van der Waals surface area contributed by atoms with E-state index in [0.29, 0.717) is 25.3 Å². The van der Waals surface area contributed by atoms with Gasteiger partial charge in [-0.3, -0.25) is 0 Å². The molecule has 7 nitrogen and oxygen atoms in total. The molecule has 0 aliphatic carbocycles. The number of rotatable bonds is 4. The Labute approximate surface area is 164 Å². The van der Waals surface area contributed by atoms with E-state index < -0.39 is 10.0 Å². The van der Waals surface area contributed by atoms with Gasteiger partial charge in [-0.1, -0.05) is 24.6 Å². The molecule has 1 aliphatic heterocycles. The molecule has 0 unspecified atom stereocenters. The molecule has 8 heteroatoms. The van der Waals surface area contributed by atoms with E-state index in [4.69, 9.17) is 0 Å². The molecule has 1 aliphatic rings. The number of sulfonamides is 1. The molecule has 4 rings (SSSR count). The number of fused-ring (bicyclic) bond motifs is 1. The summed E-state index contributed by atoms with van der Waals surface area (Å²) in [5.41, 5.74) is 3.42. The molecule has 1 saturated heterocycles. The number of pyridine rings is 1. The number of benzene rings is 1. The molecule has 0 bridgehead atoms. The van der Waals surface area contributed by atoms with Crippen LogP contribution in [0.2, 0.25) is 0 Å². The standard InChI is InChI=1S/C20H24N4O3S/c1-15-6-7-17(12-16(15)2)13-24-20(25)23-14-18(8-9-19(23)21-24)28(26,27)22-10-4-3-5-11-22/h6-9,12,14H,3-5,10-11,13H2,1-2H3. The zero-order chi connectivity index (χ0) is 19.9. The van der Waals surface area contributed by atoms with Crippen molar-refractivity contribution in [2.45, 2.75) is 44.6 Å². The van der Waals surface area contributed by atoms with Crippen LogP contribution in [0.25, 0.3) is 5.65 Å². The first kappa shape index (κ1) is 18.9. The van der Waals surface area contributed by atoms with Crippen LogP contribution >= 0.6 is 0 Å². The first-order chi connectivity index (χ1) is 13.4. The van der Waals surface area contributed by atoms with Crippen molar-refractivity contribution >= 4 is 15.7 Å². The van der Waals surface area contributed by atoms with Crippen molar-refractivity contribution in [3.05, 3.63) is 63.7 Å². The van der Waals surface area contributed by atoms with Gasteiger partial charge in [0.1, 0.15) is 0 Å². The number of hydrogen-bond acceptors (Lipinski definition) is 4. The van der Waals surface area contributed by atoms with Crippen molar-refractivity contribution in [2.24, 2.45) is 0 Å². The summed E-state index contributed by atoms with van der Waals surface area (Å²) in [5.74, 6) is 0. The third-order valence-corrected chi connectivity index (χ3v) is 7.29. The Kier molecular flexibility index (Phi) is 4.84. The molecular weight excluding hydrogens is 376 g/mol. The normalized spacial score (nSPS) is 15.9. The quantitative estimate of drug-likeness (QED) is 0.674. The molecule has 28 heavy (non-hydrogen) atoms. The highest BCUT2D eigenvalue weighted by Crippen LogP contribution is 2.20. The minimum atomic E-state index is -3.59. The zero-order valence-corrected chi connectivity index (χ0v) is 16.9. The lowest BCUT2D eigenvalue weighted by atomic mass is 10.1. The maximum absolute atomic E-state index is 12.9. The van der Waals surface area contributed by atoms with Gasteiger partial charge in [-0.2, -0.15) is 4.31 Å². The Bertz CT molecular complexity index is 1190. The van der Waals surface area contributed by atoms with Crippen LogP contribution < -0.4 is 5.69 Å². The summed E-state index contributed by atoms with van der Waals surface area (Å²) in [4.78, 5) is 12.9. The maximum atomic E-state index is 12.9. The van der Waals surface area contributed by atoms with Gasteiger partial charge in [-0.05, 0) is 55.5 Å². The molecule has 0 saturated carbocycles. The van der Waals surface area contributed by atoms with Crippen molar-refractivity contribution in [2.75, 3.05) is 13.1 Å². The summed E-state index contributed by atoms with van der Waals surface area (Å²) in [6, 6.07) is 9.17. The van der Waals surface area contributed by atoms with Gasteiger partial charge >= 0.3 is 5.69 Å². The van der Waals surface area contributed by atoms with E-state index in [1.54, 1.807) is 6.07 Å². The van der Waals surface area contributed by atoms with E-state index in [0.717, 1.165) is 30.4 Å². The summed E-state index contributed by atoms with van der Waals surface area (Å²) in [6.07, 6.45) is 4.19. The van der Waals surface area contributed by atoms with Crippen LogP contribution in [-0.2, 0) is 16.6 Å².